The van der Waals surface area contributed by atoms with Gasteiger partial charge >= 0.3 is 0 Å². The summed E-state index contributed by atoms with van der Waals surface area (Å²) in [5.41, 5.74) is 2.89. The number of benzene rings is 2. The second-order valence-corrected chi connectivity index (χ2v) is 5.03. The summed E-state index contributed by atoms with van der Waals surface area (Å²) in [6, 6.07) is 15.4. The van der Waals surface area contributed by atoms with E-state index in [1.165, 1.54) is 0 Å². The zero-order valence-corrected chi connectivity index (χ0v) is 11.6. The summed E-state index contributed by atoms with van der Waals surface area (Å²) >= 11 is 3.38. The second-order valence-electron chi connectivity index (χ2n) is 4.12. The van der Waals surface area contributed by atoms with E-state index in [9.17, 15) is 4.79 Å². The maximum Gasteiger partial charge on any atom is 0.185 e. The van der Waals surface area contributed by atoms with Gasteiger partial charge in [-0.1, -0.05) is 64.0 Å². The van der Waals surface area contributed by atoms with Crippen LogP contribution in [-0.2, 0) is 0 Å². The SMILES string of the molecule is Cc1ccc(C(=O)/C=C\c2ccc(Br)cc2)cc1. The third-order valence-corrected chi connectivity index (χ3v) is 3.16. The first kappa shape index (κ1) is 12.8. The van der Waals surface area contributed by atoms with Gasteiger partial charge in [-0.3, -0.25) is 4.79 Å². The van der Waals surface area contributed by atoms with Crippen LogP contribution in [-0.4, -0.2) is 5.78 Å². The molecule has 0 saturated carbocycles. The van der Waals surface area contributed by atoms with E-state index >= 15 is 0 Å². The van der Waals surface area contributed by atoms with Crippen LogP contribution in [0.25, 0.3) is 6.08 Å². The van der Waals surface area contributed by atoms with Crippen LogP contribution in [0.15, 0.2) is 59.1 Å². The summed E-state index contributed by atoms with van der Waals surface area (Å²) in [6.45, 7) is 2.01. The summed E-state index contributed by atoms with van der Waals surface area (Å²) in [5, 5.41) is 0. The highest BCUT2D eigenvalue weighted by atomic mass is 79.9. The van der Waals surface area contributed by atoms with Gasteiger partial charge in [0.05, 0.1) is 0 Å². The molecule has 0 spiro atoms. The lowest BCUT2D eigenvalue weighted by molar-refractivity contribution is 0.104. The van der Waals surface area contributed by atoms with Gasteiger partial charge < -0.3 is 0 Å². The van der Waals surface area contributed by atoms with Crippen molar-refractivity contribution >= 4 is 27.8 Å². The Labute approximate surface area is 115 Å². The minimum Gasteiger partial charge on any atom is -0.289 e. The lowest BCUT2D eigenvalue weighted by Crippen LogP contribution is -1.93. The van der Waals surface area contributed by atoms with Gasteiger partial charge in [0.2, 0.25) is 0 Å². The Morgan fingerprint density at radius 1 is 1.00 bits per heavy atom. The Hall–Kier alpha value is -1.67. The van der Waals surface area contributed by atoms with E-state index in [0.717, 1.165) is 15.6 Å². The molecule has 2 aromatic carbocycles. The van der Waals surface area contributed by atoms with E-state index in [1.807, 2.05) is 61.5 Å². The van der Waals surface area contributed by atoms with Crippen molar-refractivity contribution in [2.45, 2.75) is 6.92 Å². The third kappa shape index (κ3) is 3.41. The van der Waals surface area contributed by atoms with Crippen LogP contribution in [0.3, 0.4) is 0 Å². The summed E-state index contributed by atoms with van der Waals surface area (Å²) in [7, 11) is 0. The minimum atomic E-state index is 0.0259. The van der Waals surface area contributed by atoms with Crippen molar-refractivity contribution < 1.29 is 4.79 Å². The molecule has 2 rings (SSSR count). The molecule has 0 heterocycles. The fourth-order valence-corrected chi connectivity index (χ4v) is 1.82. The Balaban J connectivity index is 2.11. The molecule has 0 aliphatic heterocycles. The van der Waals surface area contributed by atoms with Crippen molar-refractivity contribution in [3.8, 4) is 0 Å². The molecule has 1 nitrogen and oxygen atoms in total. The molecule has 0 aliphatic carbocycles. The molecule has 0 saturated heterocycles. The number of carbonyl (C=O) groups is 1. The quantitative estimate of drug-likeness (QED) is 0.595. The highest BCUT2D eigenvalue weighted by molar-refractivity contribution is 9.10. The molecule has 90 valence electrons. The number of rotatable bonds is 3. The number of carbonyl (C=O) groups excluding carboxylic acids is 1. The summed E-state index contributed by atoms with van der Waals surface area (Å²) in [6.07, 6.45) is 3.43. The van der Waals surface area contributed by atoms with E-state index in [4.69, 9.17) is 0 Å². The normalized spacial score (nSPS) is 10.8. The number of hydrogen-bond donors (Lipinski definition) is 0. The lowest BCUT2D eigenvalue weighted by atomic mass is 10.1. The van der Waals surface area contributed by atoms with Gasteiger partial charge in [-0.05, 0) is 30.7 Å². The Kier molecular flexibility index (Phi) is 4.11. The zero-order chi connectivity index (χ0) is 13.0. The molecular weight excluding hydrogens is 288 g/mol. The predicted octanol–water partition coefficient (Wildman–Crippen LogP) is 4.65. The maximum absolute atomic E-state index is 11.9. The number of aryl methyl sites for hydroxylation is 1. The second kappa shape index (κ2) is 5.78. The summed E-state index contributed by atoms with van der Waals surface area (Å²) in [5.74, 6) is 0.0259. The van der Waals surface area contributed by atoms with Gasteiger partial charge in [0.15, 0.2) is 5.78 Å². The van der Waals surface area contributed by atoms with Crippen molar-refractivity contribution in [1.82, 2.24) is 0 Å². The van der Waals surface area contributed by atoms with Crippen LogP contribution in [0.4, 0.5) is 0 Å². The molecule has 0 fully saturated rings. The molecule has 18 heavy (non-hydrogen) atoms. The van der Waals surface area contributed by atoms with Crippen LogP contribution >= 0.6 is 15.9 Å². The molecule has 0 aliphatic rings. The number of hydrogen-bond acceptors (Lipinski definition) is 1. The largest absolute Gasteiger partial charge is 0.289 e. The average molecular weight is 301 g/mol. The molecule has 0 amide bonds. The molecule has 0 unspecified atom stereocenters. The highest BCUT2D eigenvalue weighted by Crippen LogP contribution is 2.12. The monoisotopic (exact) mass is 300 g/mol. The van der Waals surface area contributed by atoms with Crippen LogP contribution in [0.2, 0.25) is 0 Å². The van der Waals surface area contributed by atoms with Crippen LogP contribution in [0.1, 0.15) is 21.5 Å². The molecule has 2 heteroatoms. The Bertz CT molecular complexity index is 565. The van der Waals surface area contributed by atoms with E-state index in [0.29, 0.717) is 5.56 Å². The van der Waals surface area contributed by atoms with Gasteiger partial charge in [0.1, 0.15) is 0 Å². The smallest absolute Gasteiger partial charge is 0.185 e. The van der Waals surface area contributed by atoms with Crippen molar-refractivity contribution in [2.75, 3.05) is 0 Å². The van der Waals surface area contributed by atoms with Gasteiger partial charge in [-0.25, -0.2) is 0 Å². The van der Waals surface area contributed by atoms with Gasteiger partial charge in [0, 0.05) is 10.0 Å². The molecular formula is C16H13BrO. The first-order chi connectivity index (χ1) is 8.65. The van der Waals surface area contributed by atoms with E-state index in [2.05, 4.69) is 15.9 Å². The maximum atomic E-state index is 11.9. The van der Waals surface area contributed by atoms with Gasteiger partial charge in [0.25, 0.3) is 0 Å². The van der Waals surface area contributed by atoms with Crippen molar-refractivity contribution in [3.63, 3.8) is 0 Å². The van der Waals surface area contributed by atoms with E-state index < -0.39 is 0 Å². The highest BCUT2D eigenvalue weighted by Gasteiger charge is 2.00. The molecule has 0 aromatic heterocycles. The number of ketones is 1. The van der Waals surface area contributed by atoms with Gasteiger partial charge in [-0.15, -0.1) is 0 Å². The number of halogens is 1. The first-order valence-electron chi connectivity index (χ1n) is 5.70. The third-order valence-electron chi connectivity index (χ3n) is 2.63. The fraction of sp³-hybridized carbons (Fsp3) is 0.0625. The average Bonchev–Trinajstić information content (AvgIpc) is 2.38. The molecule has 0 bridgehead atoms. The Morgan fingerprint density at radius 3 is 2.22 bits per heavy atom. The molecule has 0 N–H and O–H groups in total. The lowest BCUT2D eigenvalue weighted by Gasteiger charge is -1.97. The Morgan fingerprint density at radius 2 is 1.61 bits per heavy atom. The van der Waals surface area contributed by atoms with E-state index in [1.54, 1.807) is 6.08 Å². The first-order valence-corrected chi connectivity index (χ1v) is 6.49. The topological polar surface area (TPSA) is 17.1 Å². The fourth-order valence-electron chi connectivity index (χ4n) is 1.56. The summed E-state index contributed by atoms with van der Waals surface area (Å²) in [4.78, 5) is 11.9. The molecule has 0 radical (unpaired) electrons. The van der Waals surface area contributed by atoms with Crippen LogP contribution in [0, 0.1) is 6.92 Å². The molecule has 2 aromatic rings. The van der Waals surface area contributed by atoms with Gasteiger partial charge in [-0.2, -0.15) is 0 Å². The number of allylic oxidation sites excluding steroid dienone is 1. The van der Waals surface area contributed by atoms with Crippen LogP contribution < -0.4 is 0 Å². The minimum absolute atomic E-state index is 0.0259. The predicted molar refractivity (Wildman–Crippen MR) is 78.7 cm³/mol. The van der Waals surface area contributed by atoms with E-state index in [-0.39, 0.29) is 5.78 Å². The van der Waals surface area contributed by atoms with Crippen molar-refractivity contribution in [1.29, 1.82) is 0 Å². The summed E-state index contributed by atoms with van der Waals surface area (Å²) < 4.78 is 1.03. The zero-order valence-electron chi connectivity index (χ0n) is 10.1. The standard InChI is InChI=1S/C16H13BrO/c1-12-2-7-14(8-3-12)16(18)11-6-13-4-9-15(17)10-5-13/h2-11H,1H3/b11-6-. The van der Waals surface area contributed by atoms with Crippen LogP contribution in [0.5, 0.6) is 0 Å². The van der Waals surface area contributed by atoms with Crippen molar-refractivity contribution in [2.24, 2.45) is 0 Å². The molecule has 0 atom stereocenters. The van der Waals surface area contributed by atoms with Crippen molar-refractivity contribution in [3.05, 3.63) is 75.8 Å².